The third-order valence-corrected chi connectivity index (χ3v) is 3.55. The number of fused-ring (bicyclic) bond motifs is 1. The van der Waals surface area contributed by atoms with Crippen LogP contribution in [0.1, 0.15) is 13.3 Å². The van der Waals surface area contributed by atoms with Gasteiger partial charge in [-0.1, -0.05) is 13.0 Å². The Morgan fingerprint density at radius 3 is 2.94 bits per heavy atom. The Kier molecular flexibility index (Phi) is 2.24. The number of oxazole rings is 1. The maximum Gasteiger partial charge on any atom is 0.298 e. The van der Waals surface area contributed by atoms with Crippen molar-refractivity contribution in [2.75, 3.05) is 24.2 Å². The Balaban J connectivity index is 1.87. The van der Waals surface area contributed by atoms with Gasteiger partial charge in [0.05, 0.1) is 5.69 Å². The lowest BCUT2D eigenvalue weighted by Crippen LogP contribution is -2.20. The van der Waals surface area contributed by atoms with Crippen LogP contribution in [-0.2, 0) is 0 Å². The van der Waals surface area contributed by atoms with Crippen LogP contribution < -0.4 is 10.6 Å². The molecule has 1 aliphatic rings. The van der Waals surface area contributed by atoms with Crippen LogP contribution in [0.5, 0.6) is 0 Å². The summed E-state index contributed by atoms with van der Waals surface area (Å²) in [4.78, 5) is 6.53. The molecule has 1 heterocycles. The molecule has 17 heavy (non-hydrogen) atoms. The molecule has 1 saturated carbocycles. The van der Waals surface area contributed by atoms with Crippen molar-refractivity contribution in [3.63, 3.8) is 0 Å². The van der Waals surface area contributed by atoms with Crippen LogP contribution >= 0.6 is 0 Å². The molecule has 0 radical (unpaired) electrons. The molecule has 4 heteroatoms. The molecule has 1 aromatic carbocycles. The highest BCUT2D eigenvalue weighted by Crippen LogP contribution is 2.38. The highest BCUT2D eigenvalue weighted by Gasteiger charge is 2.34. The van der Waals surface area contributed by atoms with Gasteiger partial charge in [0.1, 0.15) is 5.52 Å². The van der Waals surface area contributed by atoms with E-state index in [1.54, 1.807) is 0 Å². The third-order valence-electron chi connectivity index (χ3n) is 3.55. The summed E-state index contributed by atoms with van der Waals surface area (Å²) >= 11 is 0. The molecule has 0 saturated heterocycles. The van der Waals surface area contributed by atoms with E-state index in [9.17, 15) is 0 Å². The van der Waals surface area contributed by atoms with Crippen molar-refractivity contribution >= 4 is 22.8 Å². The van der Waals surface area contributed by atoms with Crippen molar-refractivity contribution < 1.29 is 4.42 Å². The van der Waals surface area contributed by atoms with E-state index < -0.39 is 0 Å². The minimum atomic E-state index is 0.664. The van der Waals surface area contributed by atoms with Gasteiger partial charge in [-0.25, -0.2) is 0 Å². The van der Waals surface area contributed by atoms with Crippen molar-refractivity contribution in [2.24, 2.45) is 11.8 Å². The van der Waals surface area contributed by atoms with Crippen LogP contribution in [0.25, 0.3) is 11.1 Å². The maximum atomic E-state index is 5.86. The summed E-state index contributed by atoms with van der Waals surface area (Å²) in [6.45, 7) is 3.29. The Morgan fingerprint density at radius 1 is 1.53 bits per heavy atom. The van der Waals surface area contributed by atoms with Gasteiger partial charge < -0.3 is 15.1 Å². The number of hydrogen-bond donors (Lipinski definition) is 1. The predicted molar refractivity (Wildman–Crippen MR) is 69.0 cm³/mol. The van der Waals surface area contributed by atoms with E-state index in [4.69, 9.17) is 10.2 Å². The van der Waals surface area contributed by atoms with Gasteiger partial charge in [0.15, 0.2) is 5.58 Å². The summed E-state index contributed by atoms with van der Waals surface area (Å²) in [5.74, 6) is 1.62. The monoisotopic (exact) mass is 231 g/mol. The minimum absolute atomic E-state index is 0.664. The largest absolute Gasteiger partial charge is 0.423 e. The van der Waals surface area contributed by atoms with Crippen LogP contribution in [0.2, 0.25) is 0 Å². The number of nitrogen functional groups attached to an aromatic ring is 1. The van der Waals surface area contributed by atoms with Crippen molar-refractivity contribution in [2.45, 2.75) is 13.3 Å². The third kappa shape index (κ3) is 1.84. The number of nitrogens with two attached hydrogens (primary N) is 1. The number of para-hydroxylation sites is 1. The first-order chi connectivity index (χ1) is 8.15. The van der Waals surface area contributed by atoms with Gasteiger partial charge in [-0.05, 0) is 30.4 Å². The maximum absolute atomic E-state index is 5.86. The van der Waals surface area contributed by atoms with Crippen molar-refractivity contribution in [3.05, 3.63) is 18.2 Å². The first kappa shape index (κ1) is 10.4. The number of aromatic nitrogens is 1. The smallest absolute Gasteiger partial charge is 0.298 e. The SMILES string of the molecule is CC1CC1CN(C)c1nc2c(N)cccc2o1. The van der Waals surface area contributed by atoms with Gasteiger partial charge in [0, 0.05) is 13.6 Å². The summed E-state index contributed by atoms with van der Waals surface area (Å²) in [5, 5.41) is 0. The van der Waals surface area contributed by atoms with Crippen molar-refractivity contribution in [3.8, 4) is 0 Å². The van der Waals surface area contributed by atoms with Crippen molar-refractivity contribution in [1.29, 1.82) is 0 Å². The molecule has 2 unspecified atom stereocenters. The zero-order chi connectivity index (χ0) is 12.0. The summed E-state index contributed by atoms with van der Waals surface area (Å²) in [6, 6.07) is 6.29. The highest BCUT2D eigenvalue weighted by atomic mass is 16.4. The lowest BCUT2D eigenvalue weighted by atomic mass is 10.3. The van der Waals surface area contributed by atoms with Crippen LogP contribution in [0.15, 0.2) is 22.6 Å². The van der Waals surface area contributed by atoms with E-state index in [-0.39, 0.29) is 0 Å². The van der Waals surface area contributed by atoms with E-state index in [0.717, 1.165) is 29.5 Å². The first-order valence-corrected chi connectivity index (χ1v) is 6.01. The second kappa shape index (κ2) is 3.65. The van der Waals surface area contributed by atoms with Gasteiger partial charge in [-0.3, -0.25) is 0 Å². The number of hydrogen-bond acceptors (Lipinski definition) is 4. The number of nitrogens with zero attached hydrogens (tertiary/aromatic N) is 2. The van der Waals surface area contributed by atoms with Crippen LogP contribution in [-0.4, -0.2) is 18.6 Å². The van der Waals surface area contributed by atoms with Crippen LogP contribution in [0.4, 0.5) is 11.7 Å². The fourth-order valence-corrected chi connectivity index (χ4v) is 2.20. The van der Waals surface area contributed by atoms with Gasteiger partial charge in [0.2, 0.25) is 0 Å². The van der Waals surface area contributed by atoms with Gasteiger partial charge in [0.25, 0.3) is 6.01 Å². The quantitative estimate of drug-likeness (QED) is 0.825. The Bertz CT molecular complexity index is 549. The number of anilines is 2. The molecule has 1 fully saturated rings. The Morgan fingerprint density at radius 2 is 2.29 bits per heavy atom. The van der Waals surface area contributed by atoms with Gasteiger partial charge in [-0.15, -0.1) is 0 Å². The molecular formula is C13H17N3O. The van der Waals surface area contributed by atoms with Gasteiger partial charge in [-0.2, -0.15) is 4.98 Å². The van der Waals surface area contributed by atoms with E-state index in [2.05, 4.69) is 16.8 Å². The highest BCUT2D eigenvalue weighted by molar-refractivity contribution is 5.86. The lowest BCUT2D eigenvalue weighted by Gasteiger charge is -2.13. The zero-order valence-electron chi connectivity index (χ0n) is 10.2. The molecule has 0 spiro atoms. The molecule has 1 aromatic heterocycles. The average molecular weight is 231 g/mol. The van der Waals surface area contributed by atoms with Gasteiger partial charge >= 0.3 is 0 Å². The minimum Gasteiger partial charge on any atom is -0.423 e. The number of rotatable bonds is 3. The normalized spacial score (nSPS) is 22.9. The summed E-state index contributed by atoms with van der Waals surface area (Å²) in [7, 11) is 2.02. The van der Waals surface area contributed by atoms with E-state index in [1.165, 1.54) is 6.42 Å². The van der Waals surface area contributed by atoms with E-state index in [1.807, 2.05) is 25.2 Å². The molecule has 3 rings (SSSR count). The first-order valence-electron chi connectivity index (χ1n) is 6.01. The van der Waals surface area contributed by atoms with Crippen molar-refractivity contribution in [1.82, 2.24) is 4.98 Å². The Labute approximate surface area is 100 Å². The molecule has 90 valence electrons. The van der Waals surface area contributed by atoms with Crippen LogP contribution in [0.3, 0.4) is 0 Å². The summed E-state index contributed by atoms with van der Waals surface area (Å²) in [6.07, 6.45) is 1.31. The Hall–Kier alpha value is -1.71. The molecule has 2 aromatic rings. The molecule has 0 amide bonds. The average Bonchev–Trinajstić information content (AvgIpc) is 2.81. The van der Waals surface area contributed by atoms with E-state index >= 15 is 0 Å². The lowest BCUT2D eigenvalue weighted by molar-refractivity contribution is 0.570. The molecule has 4 nitrogen and oxygen atoms in total. The summed E-state index contributed by atoms with van der Waals surface area (Å²) in [5.41, 5.74) is 8.06. The molecule has 0 aliphatic heterocycles. The molecule has 1 aliphatic carbocycles. The fraction of sp³-hybridized carbons (Fsp3) is 0.462. The molecule has 2 N–H and O–H groups in total. The molecule has 2 atom stereocenters. The second-order valence-electron chi connectivity index (χ2n) is 5.04. The molecular weight excluding hydrogens is 214 g/mol. The zero-order valence-corrected chi connectivity index (χ0v) is 10.2. The van der Waals surface area contributed by atoms with Crippen LogP contribution in [0, 0.1) is 11.8 Å². The summed E-state index contributed by atoms with van der Waals surface area (Å²) < 4.78 is 5.71. The standard InChI is InChI=1S/C13H17N3O/c1-8-6-9(8)7-16(2)13-15-12-10(14)4-3-5-11(12)17-13/h3-5,8-9H,6-7,14H2,1-2H3. The van der Waals surface area contributed by atoms with E-state index in [0.29, 0.717) is 11.7 Å². The second-order valence-corrected chi connectivity index (χ2v) is 5.04. The number of benzene rings is 1. The topological polar surface area (TPSA) is 55.3 Å². The fourth-order valence-electron chi connectivity index (χ4n) is 2.20. The molecule has 0 bridgehead atoms. The predicted octanol–water partition coefficient (Wildman–Crippen LogP) is 2.50.